The van der Waals surface area contributed by atoms with E-state index in [4.69, 9.17) is 0 Å². The standard InChI is InChI=1S/C18H22N4O3S/c1-12-6-13(2)8-15(7-12)21-17(23)14-9-19-18(20-10-14)22(3)16-4-5-26(24,25)11-16/h6-10,16H,4-5,11H2,1-3H3,(H,21,23). The number of amides is 1. The van der Waals surface area contributed by atoms with Crippen LogP contribution in [0.3, 0.4) is 0 Å². The van der Waals surface area contributed by atoms with Crippen LogP contribution in [-0.2, 0) is 9.84 Å². The van der Waals surface area contributed by atoms with Gasteiger partial charge in [0.1, 0.15) is 0 Å². The zero-order valence-electron chi connectivity index (χ0n) is 15.1. The molecule has 2 heterocycles. The molecule has 26 heavy (non-hydrogen) atoms. The van der Waals surface area contributed by atoms with Gasteiger partial charge in [-0.15, -0.1) is 0 Å². The molecule has 0 saturated carbocycles. The van der Waals surface area contributed by atoms with E-state index in [1.54, 1.807) is 11.9 Å². The van der Waals surface area contributed by atoms with Gasteiger partial charge in [0.2, 0.25) is 5.95 Å². The van der Waals surface area contributed by atoms with Crippen LogP contribution in [-0.4, -0.2) is 48.9 Å². The molecule has 0 bridgehead atoms. The van der Waals surface area contributed by atoms with Crippen molar-refractivity contribution < 1.29 is 13.2 Å². The third kappa shape index (κ3) is 4.19. The third-order valence-electron chi connectivity index (χ3n) is 4.45. The van der Waals surface area contributed by atoms with Crippen LogP contribution in [0.25, 0.3) is 0 Å². The van der Waals surface area contributed by atoms with Crippen molar-refractivity contribution in [2.45, 2.75) is 26.3 Å². The molecule has 1 aromatic carbocycles. The molecule has 2 aromatic rings. The molecule has 3 rings (SSSR count). The van der Waals surface area contributed by atoms with E-state index >= 15 is 0 Å². The zero-order valence-corrected chi connectivity index (χ0v) is 15.9. The topological polar surface area (TPSA) is 92.3 Å². The second kappa shape index (κ2) is 7.03. The molecule has 0 spiro atoms. The average Bonchev–Trinajstić information content (AvgIpc) is 2.93. The molecule has 1 saturated heterocycles. The number of rotatable bonds is 4. The van der Waals surface area contributed by atoms with Gasteiger partial charge in [-0.3, -0.25) is 4.79 Å². The van der Waals surface area contributed by atoms with E-state index in [0.717, 1.165) is 16.8 Å². The predicted octanol–water partition coefficient (Wildman–Crippen LogP) is 1.97. The van der Waals surface area contributed by atoms with Crippen LogP contribution in [0.5, 0.6) is 0 Å². The molecule has 1 aliphatic heterocycles. The Kier molecular flexibility index (Phi) is 4.95. The van der Waals surface area contributed by atoms with Crippen molar-refractivity contribution in [1.82, 2.24) is 9.97 Å². The van der Waals surface area contributed by atoms with Crippen molar-refractivity contribution in [3.8, 4) is 0 Å². The Bertz CT molecular complexity index is 906. The summed E-state index contributed by atoms with van der Waals surface area (Å²) < 4.78 is 23.2. The maximum Gasteiger partial charge on any atom is 0.258 e. The van der Waals surface area contributed by atoms with E-state index in [-0.39, 0.29) is 23.5 Å². The first-order valence-corrected chi connectivity index (χ1v) is 10.2. The van der Waals surface area contributed by atoms with Crippen LogP contribution in [0.2, 0.25) is 0 Å². The minimum atomic E-state index is -2.97. The Morgan fingerprint density at radius 2 is 1.77 bits per heavy atom. The number of nitrogens with one attached hydrogen (secondary N) is 1. The summed E-state index contributed by atoms with van der Waals surface area (Å²) in [6.07, 6.45) is 3.48. The molecule has 1 N–H and O–H groups in total. The maximum absolute atomic E-state index is 12.4. The molecule has 0 aliphatic carbocycles. The number of nitrogens with zero attached hydrogens (tertiary/aromatic N) is 3. The summed E-state index contributed by atoms with van der Waals surface area (Å²) >= 11 is 0. The lowest BCUT2D eigenvalue weighted by Crippen LogP contribution is -2.34. The summed E-state index contributed by atoms with van der Waals surface area (Å²) in [6, 6.07) is 5.70. The lowest BCUT2D eigenvalue weighted by molar-refractivity contribution is 0.102. The van der Waals surface area contributed by atoms with Crippen LogP contribution in [0.15, 0.2) is 30.6 Å². The fraction of sp³-hybridized carbons (Fsp3) is 0.389. The average molecular weight is 374 g/mol. The number of aryl methyl sites for hydroxylation is 2. The summed E-state index contributed by atoms with van der Waals surface area (Å²) in [5.41, 5.74) is 3.21. The van der Waals surface area contributed by atoms with E-state index in [2.05, 4.69) is 15.3 Å². The smallest absolute Gasteiger partial charge is 0.258 e. The van der Waals surface area contributed by atoms with Gasteiger partial charge in [-0.1, -0.05) is 6.07 Å². The highest BCUT2D eigenvalue weighted by Crippen LogP contribution is 2.20. The largest absolute Gasteiger partial charge is 0.340 e. The van der Waals surface area contributed by atoms with Gasteiger partial charge in [0.15, 0.2) is 9.84 Å². The summed E-state index contributed by atoms with van der Waals surface area (Å²) in [5, 5.41) is 2.84. The van der Waals surface area contributed by atoms with E-state index in [9.17, 15) is 13.2 Å². The van der Waals surface area contributed by atoms with Crippen molar-refractivity contribution in [1.29, 1.82) is 0 Å². The first-order valence-electron chi connectivity index (χ1n) is 8.38. The van der Waals surface area contributed by atoms with E-state index < -0.39 is 9.84 Å². The molecule has 1 amide bonds. The van der Waals surface area contributed by atoms with Gasteiger partial charge in [-0.25, -0.2) is 18.4 Å². The van der Waals surface area contributed by atoms with Crippen LogP contribution < -0.4 is 10.2 Å². The minimum absolute atomic E-state index is 0.113. The van der Waals surface area contributed by atoms with E-state index in [0.29, 0.717) is 17.9 Å². The zero-order chi connectivity index (χ0) is 18.9. The predicted molar refractivity (Wildman–Crippen MR) is 101 cm³/mol. The van der Waals surface area contributed by atoms with Crippen molar-refractivity contribution in [3.05, 3.63) is 47.3 Å². The summed E-state index contributed by atoms with van der Waals surface area (Å²) in [7, 11) is -1.20. The summed E-state index contributed by atoms with van der Waals surface area (Å²) in [6.45, 7) is 3.94. The molecule has 1 atom stereocenters. The van der Waals surface area contributed by atoms with Gasteiger partial charge in [0, 0.05) is 31.2 Å². The molecule has 1 aliphatic rings. The van der Waals surface area contributed by atoms with E-state index in [1.807, 2.05) is 32.0 Å². The van der Waals surface area contributed by atoms with Gasteiger partial charge < -0.3 is 10.2 Å². The minimum Gasteiger partial charge on any atom is -0.340 e. The van der Waals surface area contributed by atoms with Gasteiger partial charge >= 0.3 is 0 Å². The van der Waals surface area contributed by atoms with Crippen molar-refractivity contribution in [2.75, 3.05) is 28.8 Å². The molecule has 1 aromatic heterocycles. The van der Waals surface area contributed by atoms with E-state index in [1.165, 1.54) is 12.4 Å². The number of carbonyl (C=O) groups is 1. The molecule has 1 unspecified atom stereocenters. The molecular formula is C18H22N4O3S. The second-order valence-electron chi connectivity index (χ2n) is 6.77. The highest BCUT2D eigenvalue weighted by atomic mass is 32.2. The normalized spacial score (nSPS) is 18.5. The Labute approximate surface area is 153 Å². The van der Waals surface area contributed by atoms with Crippen LogP contribution in [0.1, 0.15) is 27.9 Å². The van der Waals surface area contributed by atoms with Gasteiger partial charge in [-0.05, 0) is 43.5 Å². The second-order valence-corrected chi connectivity index (χ2v) is 9.00. The fourth-order valence-electron chi connectivity index (χ4n) is 3.11. The lowest BCUT2D eigenvalue weighted by Gasteiger charge is -2.23. The van der Waals surface area contributed by atoms with Crippen LogP contribution >= 0.6 is 0 Å². The number of hydrogen-bond acceptors (Lipinski definition) is 6. The summed E-state index contributed by atoms with van der Waals surface area (Å²) in [5.74, 6) is 0.433. The van der Waals surface area contributed by atoms with Crippen LogP contribution in [0.4, 0.5) is 11.6 Å². The number of benzene rings is 1. The number of sulfone groups is 1. The summed E-state index contributed by atoms with van der Waals surface area (Å²) in [4.78, 5) is 22.6. The highest BCUT2D eigenvalue weighted by Gasteiger charge is 2.31. The van der Waals surface area contributed by atoms with Crippen LogP contribution in [0, 0.1) is 13.8 Å². The van der Waals surface area contributed by atoms with Gasteiger partial charge in [0.25, 0.3) is 5.91 Å². The van der Waals surface area contributed by atoms with Crippen molar-refractivity contribution >= 4 is 27.4 Å². The molecule has 7 nitrogen and oxygen atoms in total. The number of anilines is 2. The Morgan fingerprint density at radius 1 is 1.15 bits per heavy atom. The fourth-order valence-corrected chi connectivity index (χ4v) is 4.89. The Hall–Kier alpha value is -2.48. The first kappa shape index (κ1) is 18.3. The highest BCUT2D eigenvalue weighted by molar-refractivity contribution is 7.91. The van der Waals surface area contributed by atoms with Crippen molar-refractivity contribution in [2.24, 2.45) is 0 Å². The maximum atomic E-state index is 12.4. The van der Waals surface area contributed by atoms with Crippen molar-refractivity contribution in [3.63, 3.8) is 0 Å². The molecule has 0 radical (unpaired) electrons. The van der Waals surface area contributed by atoms with Gasteiger partial charge in [-0.2, -0.15) is 0 Å². The van der Waals surface area contributed by atoms with Gasteiger partial charge in [0.05, 0.1) is 17.1 Å². The quantitative estimate of drug-likeness (QED) is 0.880. The molecular weight excluding hydrogens is 352 g/mol. The number of hydrogen-bond donors (Lipinski definition) is 1. The Morgan fingerprint density at radius 3 is 2.31 bits per heavy atom. The molecule has 1 fully saturated rings. The first-order chi connectivity index (χ1) is 12.2. The number of aromatic nitrogens is 2. The monoisotopic (exact) mass is 374 g/mol. The third-order valence-corrected chi connectivity index (χ3v) is 6.20. The molecule has 8 heteroatoms. The SMILES string of the molecule is Cc1cc(C)cc(NC(=O)c2cnc(N(C)C3CCS(=O)(=O)C3)nc2)c1. The Balaban J connectivity index is 1.69. The number of carbonyl (C=O) groups excluding carboxylic acids is 1. The molecule has 138 valence electrons. The lowest BCUT2D eigenvalue weighted by atomic mass is 10.1.